The van der Waals surface area contributed by atoms with Gasteiger partial charge in [0.2, 0.25) is 0 Å². The standard InChI is InChI=1S/C22H18N2OS/c1-2-6-17(7-3-1)25-18-10-12-19(13-11-18)26-15-14-22-20-8-4-5-9-21(20)23-16-24-22/h1-13,16H,14-15H2. The maximum Gasteiger partial charge on any atom is 0.127 e. The van der Waals surface area contributed by atoms with Crippen LogP contribution in [-0.4, -0.2) is 15.7 Å². The number of ether oxygens (including phenoxy) is 1. The maximum atomic E-state index is 5.83. The van der Waals surface area contributed by atoms with Crippen molar-refractivity contribution in [1.82, 2.24) is 9.97 Å². The molecule has 1 aromatic heterocycles. The van der Waals surface area contributed by atoms with E-state index >= 15 is 0 Å². The quantitative estimate of drug-likeness (QED) is 0.411. The van der Waals surface area contributed by atoms with Gasteiger partial charge in [-0.2, -0.15) is 0 Å². The zero-order valence-corrected chi connectivity index (χ0v) is 15.0. The second-order valence-corrected chi connectivity index (χ2v) is 6.99. The Morgan fingerprint density at radius 1 is 0.731 bits per heavy atom. The Morgan fingerprint density at radius 3 is 2.31 bits per heavy atom. The molecule has 4 heteroatoms. The van der Waals surface area contributed by atoms with Crippen molar-refractivity contribution in [2.45, 2.75) is 11.3 Å². The lowest BCUT2D eigenvalue weighted by molar-refractivity contribution is 0.482. The van der Waals surface area contributed by atoms with Crippen molar-refractivity contribution in [2.75, 3.05) is 5.75 Å². The summed E-state index contributed by atoms with van der Waals surface area (Å²) in [5.74, 6) is 2.67. The van der Waals surface area contributed by atoms with E-state index in [1.165, 1.54) is 4.90 Å². The molecule has 4 aromatic rings. The third-order valence-electron chi connectivity index (χ3n) is 4.04. The summed E-state index contributed by atoms with van der Waals surface area (Å²) in [6.07, 6.45) is 2.56. The number of nitrogens with zero attached hydrogens (tertiary/aromatic N) is 2. The molecule has 4 rings (SSSR count). The van der Waals surface area contributed by atoms with Crippen LogP contribution in [0, 0.1) is 0 Å². The third-order valence-corrected chi connectivity index (χ3v) is 5.05. The molecule has 0 N–H and O–H groups in total. The van der Waals surface area contributed by atoms with Crippen molar-refractivity contribution in [1.29, 1.82) is 0 Å². The van der Waals surface area contributed by atoms with E-state index in [1.54, 1.807) is 6.33 Å². The minimum Gasteiger partial charge on any atom is -0.457 e. The van der Waals surface area contributed by atoms with Crippen LogP contribution in [0.2, 0.25) is 0 Å². The molecular formula is C22H18N2OS. The van der Waals surface area contributed by atoms with Gasteiger partial charge in [-0.25, -0.2) is 9.97 Å². The van der Waals surface area contributed by atoms with Gasteiger partial charge in [-0.15, -0.1) is 11.8 Å². The zero-order chi connectivity index (χ0) is 17.6. The SMILES string of the molecule is c1ccc(Oc2ccc(SCCc3ncnc4ccccc34)cc2)cc1. The highest BCUT2D eigenvalue weighted by molar-refractivity contribution is 7.99. The normalized spacial score (nSPS) is 10.8. The minimum absolute atomic E-state index is 0.849. The lowest BCUT2D eigenvalue weighted by Gasteiger charge is -2.07. The molecule has 128 valence electrons. The molecule has 3 nitrogen and oxygen atoms in total. The number of benzene rings is 3. The van der Waals surface area contributed by atoms with Gasteiger partial charge in [-0.1, -0.05) is 36.4 Å². The van der Waals surface area contributed by atoms with Crippen LogP contribution in [0.4, 0.5) is 0 Å². The largest absolute Gasteiger partial charge is 0.457 e. The van der Waals surface area contributed by atoms with E-state index in [4.69, 9.17) is 4.74 Å². The second kappa shape index (κ2) is 8.02. The molecule has 3 aromatic carbocycles. The summed E-state index contributed by atoms with van der Waals surface area (Å²) in [7, 11) is 0. The number of rotatable bonds is 6. The third kappa shape index (κ3) is 4.03. The lowest BCUT2D eigenvalue weighted by Crippen LogP contribution is -1.95. The number of hydrogen-bond donors (Lipinski definition) is 0. The van der Waals surface area contributed by atoms with E-state index in [0.29, 0.717) is 0 Å². The molecule has 0 saturated heterocycles. The fraction of sp³-hybridized carbons (Fsp3) is 0.0909. The Hall–Kier alpha value is -2.85. The van der Waals surface area contributed by atoms with Crippen molar-refractivity contribution in [3.8, 4) is 11.5 Å². The topological polar surface area (TPSA) is 35.0 Å². The Morgan fingerprint density at radius 2 is 1.46 bits per heavy atom. The van der Waals surface area contributed by atoms with Gasteiger partial charge in [0.05, 0.1) is 11.2 Å². The summed E-state index contributed by atoms with van der Waals surface area (Å²) in [6, 6.07) is 26.2. The van der Waals surface area contributed by atoms with Crippen LogP contribution in [-0.2, 0) is 6.42 Å². The smallest absolute Gasteiger partial charge is 0.127 e. The second-order valence-electron chi connectivity index (χ2n) is 5.82. The molecule has 0 bridgehead atoms. The average molecular weight is 358 g/mol. The van der Waals surface area contributed by atoms with Gasteiger partial charge >= 0.3 is 0 Å². The Balaban J connectivity index is 1.36. The van der Waals surface area contributed by atoms with E-state index < -0.39 is 0 Å². The first kappa shape index (κ1) is 16.6. The fourth-order valence-electron chi connectivity index (χ4n) is 2.75. The molecule has 0 aliphatic heterocycles. The van der Waals surface area contributed by atoms with Crippen molar-refractivity contribution in [3.63, 3.8) is 0 Å². The summed E-state index contributed by atoms with van der Waals surface area (Å²) in [5, 5.41) is 1.14. The molecule has 0 aliphatic carbocycles. The van der Waals surface area contributed by atoms with Gasteiger partial charge in [0, 0.05) is 16.0 Å². The Labute approximate surface area is 157 Å². The van der Waals surface area contributed by atoms with Crippen molar-refractivity contribution >= 4 is 22.7 Å². The van der Waals surface area contributed by atoms with Gasteiger partial charge in [0.25, 0.3) is 0 Å². The Kier molecular flexibility index (Phi) is 5.12. The van der Waals surface area contributed by atoms with E-state index in [2.05, 4.69) is 28.2 Å². The van der Waals surface area contributed by atoms with E-state index in [9.17, 15) is 0 Å². The van der Waals surface area contributed by atoms with Crippen LogP contribution in [0.1, 0.15) is 5.69 Å². The lowest BCUT2D eigenvalue weighted by atomic mass is 10.1. The zero-order valence-electron chi connectivity index (χ0n) is 14.2. The number of fused-ring (bicyclic) bond motifs is 1. The number of aromatic nitrogens is 2. The molecule has 0 saturated carbocycles. The predicted molar refractivity (Wildman–Crippen MR) is 107 cm³/mol. The van der Waals surface area contributed by atoms with Crippen LogP contribution < -0.4 is 4.74 Å². The molecule has 0 aliphatic rings. The first-order chi connectivity index (χ1) is 12.9. The number of thioether (sulfide) groups is 1. The van der Waals surface area contributed by atoms with Crippen LogP contribution in [0.15, 0.2) is 90.1 Å². The highest BCUT2D eigenvalue weighted by Crippen LogP contribution is 2.26. The summed E-state index contributed by atoms with van der Waals surface area (Å²) in [4.78, 5) is 10.0. The van der Waals surface area contributed by atoms with Crippen LogP contribution in [0.25, 0.3) is 10.9 Å². The average Bonchev–Trinajstić information content (AvgIpc) is 2.70. The number of para-hydroxylation sites is 2. The van der Waals surface area contributed by atoms with Crippen molar-refractivity contribution < 1.29 is 4.74 Å². The van der Waals surface area contributed by atoms with Gasteiger partial charge < -0.3 is 4.74 Å². The maximum absolute atomic E-state index is 5.83. The molecule has 26 heavy (non-hydrogen) atoms. The summed E-state index contributed by atoms with van der Waals surface area (Å²) in [5.41, 5.74) is 2.11. The molecule has 0 spiro atoms. The molecule has 0 radical (unpaired) electrons. The van der Waals surface area contributed by atoms with Crippen LogP contribution in [0.5, 0.6) is 11.5 Å². The molecule has 0 fully saturated rings. The predicted octanol–water partition coefficient (Wildman–Crippen LogP) is 5.76. The monoisotopic (exact) mass is 358 g/mol. The first-order valence-electron chi connectivity index (χ1n) is 8.53. The molecule has 1 heterocycles. The van der Waals surface area contributed by atoms with E-state index in [1.807, 2.05) is 72.4 Å². The van der Waals surface area contributed by atoms with Gasteiger partial charge in [0.1, 0.15) is 17.8 Å². The molecule has 0 atom stereocenters. The van der Waals surface area contributed by atoms with Crippen molar-refractivity contribution in [2.24, 2.45) is 0 Å². The summed E-state index contributed by atoms with van der Waals surface area (Å²) < 4.78 is 5.83. The molecular weight excluding hydrogens is 340 g/mol. The molecule has 0 amide bonds. The summed E-state index contributed by atoms with van der Waals surface area (Å²) in [6.45, 7) is 0. The number of aryl methyl sites for hydroxylation is 1. The van der Waals surface area contributed by atoms with E-state index in [0.717, 1.165) is 40.3 Å². The van der Waals surface area contributed by atoms with Gasteiger partial charge in [-0.05, 0) is 48.9 Å². The van der Waals surface area contributed by atoms with E-state index in [-0.39, 0.29) is 0 Å². The fourth-order valence-corrected chi connectivity index (χ4v) is 3.61. The first-order valence-corrected chi connectivity index (χ1v) is 9.51. The highest BCUT2D eigenvalue weighted by Gasteiger charge is 2.04. The van der Waals surface area contributed by atoms with Crippen molar-refractivity contribution in [3.05, 3.63) is 90.9 Å². The highest BCUT2D eigenvalue weighted by atomic mass is 32.2. The van der Waals surface area contributed by atoms with Gasteiger partial charge in [0.15, 0.2) is 0 Å². The Bertz CT molecular complexity index is 982. The number of hydrogen-bond acceptors (Lipinski definition) is 4. The van der Waals surface area contributed by atoms with Gasteiger partial charge in [-0.3, -0.25) is 0 Å². The minimum atomic E-state index is 0.849. The van der Waals surface area contributed by atoms with Crippen LogP contribution in [0.3, 0.4) is 0 Å². The molecule has 0 unspecified atom stereocenters. The summed E-state index contributed by atoms with van der Waals surface area (Å²) >= 11 is 1.82. The van der Waals surface area contributed by atoms with Crippen LogP contribution >= 0.6 is 11.8 Å².